The Bertz CT molecular complexity index is 651. The van der Waals surface area contributed by atoms with Crippen molar-refractivity contribution in [3.8, 4) is 5.75 Å². The van der Waals surface area contributed by atoms with Gasteiger partial charge in [0.25, 0.3) is 5.91 Å². The number of amides is 1. The van der Waals surface area contributed by atoms with E-state index in [0.29, 0.717) is 5.02 Å². The summed E-state index contributed by atoms with van der Waals surface area (Å²) < 4.78 is 0. The SMILES string of the molecule is O=C(Nc1ccc(O)c(C(=O)O)c1)c1cc(Cl)c[nH]1. The zero-order valence-corrected chi connectivity index (χ0v) is 10.2. The lowest BCUT2D eigenvalue weighted by Gasteiger charge is -2.06. The number of carboxylic acids is 1. The Hall–Kier alpha value is -2.47. The van der Waals surface area contributed by atoms with E-state index in [0.717, 1.165) is 0 Å². The minimum atomic E-state index is -1.28. The third-order valence-electron chi connectivity index (χ3n) is 2.38. The van der Waals surface area contributed by atoms with Crippen LogP contribution in [0.2, 0.25) is 5.02 Å². The molecule has 1 aromatic carbocycles. The van der Waals surface area contributed by atoms with Crippen molar-refractivity contribution >= 4 is 29.2 Å². The Balaban J connectivity index is 2.22. The maximum absolute atomic E-state index is 11.8. The third-order valence-corrected chi connectivity index (χ3v) is 2.60. The number of phenols is 1. The van der Waals surface area contributed by atoms with Gasteiger partial charge in [0, 0.05) is 11.9 Å². The number of aromatic carboxylic acids is 1. The number of aromatic hydroxyl groups is 1. The number of benzene rings is 1. The van der Waals surface area contributed by atoms with Crippen molar-refractivity contribution in [1.82, 2.24) is 4.98 Å². The lowest BCUT2D eigenvalue weighted by Crippen LogP contribution is -2.12. The summed E-state index contributed by atoms with van der Waals surface area (Å²) in [5, 5.41) is 21.1. The highest BCUT2D eigenvalue weighted by Gasteiger charge is 2.13. The van der Waals surface area contributed by atoms with Gasteiger partial charge in [0.15, 0.2) is 0 Å². The van der Waals surface area contributed by atoms with E-state index in [1.807, 2.05) is 0 Å². The number of carboxylic acid groups (broad SMARTS) is 1. The second kappa shape index (κ2) is 5.03. The van der Waals surface area contributed by atoms with E-state index in [-0.39, 0.29) is 22.7 Å². The van der Waals surface area contributed by atoms with Crippen LogP contribution >= 0.6 is 11.6 Å². The molecule has 0 fully saturated rings. The highest BCUT2D eigenvalue weighted by atomic mass is 35.5. The van der Waals surface area contributed by atoms with Gasteiger partial charge in [-0.3, -0.25) is 4.79 Å². The fraction of sp³-hybridized carbons (Fsp3) is 0. The second-order valence-electron chi connectivity index (χ2n) is 3.72. The number of aromatic nitrogens is 1. The molecule has 98 valence electrons. The van der Waals surface area contributed by atoms with Crippen LogP contribution in [0.4, 0.5) is 5.69 Å². The predicted octanol–water partition coefficient (Wildman–Crippen LogP) is 2.32. The summed E-state index contributed by atoms with van der Waals surface area (Å²) in [5.41, 5.74) is 0.211. The van der Waals surface area contributed by atoms with Gasteiger partial charge in [-0.05, 0) is 24.3 Å². The molecule has 0 aliphatic heterocycles. The van der Waals surface area contributed by atoms with Gasteiger partial charge in [0.05, 0.1) is 5.02 Å². The largest absolute Gasteiger partial charge is 0.507 e. The van der Waals surface area contributed by atoms with Gasteiger partial charge in [-0.25, -0.2) is 4.79 Å². The van der Waals surface area contributed by atoms with Crippen LogP contribution in [-0.2, 0) is 0 Å². The first kappa shape index (κ1) is 13.0. The number of carbonyl (C=O) groups excluding carboxylic acids is 1. The van der Waals surface area contributed by atoms with E-state index < -0.39 is 11.9 Å². The summed E-state index contributed by atoms with van der Waals surface area (Å²) >= 11 is 5.67. The van der Waals surface area contributed by atoms with Gasteiger partial charge in [0.2, 0.25) is 0 Å². The summed E-state index contributed by atoms with van der Waals surface area (Å²) in [5.74, 6) is -2.11. The number of H-pyrrole nitrogens is 1. The predicted molar refractivity (Wildman–Crippen MR) is 68.8 cm³/mol. The number of anilines is 1. The van der Waals surface area contributed by atoms with Gasteiger partial charge in [0.1, 0.15) is 17.0 Å². The molecule has 0 spiro atoms. The number of hydrogen-bond donors (Lipinski definition) is 4. The van der Waals surface area contributed by atoms with Crippen molar-refractivity contribution < 1.29 is 19.8 Å². The van der Waals surface area contributed by atoms with Crippen LogP contribution in [0.15, 0.2) is 30.5 Å². The van der Waals surface area contributed by atoms with Gasteiger partial charge in [-0.15, -0.1) is 0 Å². The Morgan fingerprint density at radius 1 is 1.26 bits per heavy atom. The Morgan fingerprint density at radius 2 is 2.00 bits per heavy atom. The molecule has 0 atom stereocenters. The van der Waals surface area contributed by atoms with Crippen molar-refractivity contribution in [1.29, 1.82) is 0 Å². The molecule has 6 nitrogen and oxygen atoms in total. The first-order chi connectivity index (χ1) is 8.97. The molecule has 0 aliphatic rings. The molecule has 0 saturated heterocycles. The fourth-order valence-corrected chi connectivity index (χ4v) is 1.65. The number of carbonyl (C=O) groups is 2. The Labute approximate surface area is 112 Å². The van der Waals surface area contributed by atoms with E-state index in [2.05, 4.69) is 10.3 Å². The van der Waals surface area contributed by atoms with Crippen molar-refractivity contribution in [2.75, 3.05) is 5.32 Å². The topological polar surface area (TPSA) is 102 Å². The molecule has 2 rings (SSSR count). The molecule has 7 heteroatoms. The first-order valence-corrected chi connectivity index (χ1v) is 5.57. The first-order valence-electron chi connectivity index (χ1n) is 5.19. The van der Waals surface area contributed by atoms with Gasteiger partial charge in [-0.1, -0.05) is 11.6 Å². The van der Waals surface area contributed by atoms with Gasteiger partial charge in [-0.2, -0.15) is 0 Å². The lowest BCUT2D eigenvalue weighted by molar-refractivity contribution is 0.0693. The molecule has 1 amide bonds. The summed E-state index contributed by atoms with van der Waals surface area (Å²) in [6.45, 7) is 0. The molecule has 19 heavy (non-hydrogen) atoms. The van der Waals surface area contributed by atoms with Gasteiger partial charge >= 0.3 is 5.97 Å². The maximum Gasteiger partial charge on any atom is 0.339 e. The molecule has 0 bridgehead atoms. The van der Waals surface area contributed by atoms with Crippen molar-refractivity contribution in [2.45, 2.75) is 0 Å². The van der Waals surface area contributed by atoms with E-state index >= 15 is 0 Å². The standard InChI is InChI=1S/C12H9ClN2O4/c13-6-3-9(14-5-6)11(17)15-7-1-2-10(16)8(4-7)12(18)19/h1-5,14,16H,(H,15,17)(H,18,19). The van der Waals surface area contributed by atoms with Crippen LogP contribution < -0.4 is 5.32 Å². The quantitative estimate of drug-likeness (QED) is 0.648. The van der Waals surface area contributed by atoms with Crippen LogP contribution in [-0.4, -0.2) is 27.1 Å². The fourth-order valence-electron chi connectivity index (χ4n) is 1.48. The molecule has 0 aliphatic carbocycles. The summed E-state index contributed by atoms with van der Waals surface area (Å²) in [6, 6.07) is 5.19. The minimum Gasteiger partial charge on any atom is -0.507 e. The van der Waals surface area contributed by atoms with E-state index in [9.17, 15) is 14.7 Å². The summed E-state index contributed by atoms with van der Waals surface area (Å²) in [6.07, 6.45) is 1.45. The number of halogens is 1. The molecule has 4 N–H and O–H groups in total. The summed E-state index contributed by atoms with van der Waals surface area (Å²) in [4.78, 5) is 25.3. The van der Waals surface area contributed by atoms with Gasteiger partial charge < -0.3 is 20.5 Å². The summed E-state index contributed by atoms with van der Waals surface area (Å²) in [7, 11) is 0. The number of aromatic amines is 1. The Morgan fingerprint density at radius 3 is 2.58 bits per heavy atom. The highest BCUT2D eigenvalue weighted by Crippen LogP contribution is 2.22. The van der Waals surface area contributed by atoms with Crippen LogP contribution in [0.1, 0.15) is 20.8 Å². The zero-order valence-electron chi connectivity index (χ0n) is 9.48. The normalized spacial score (nSPS) is 10.2. The van der Waals surface area contributed by atoms with Crippen molar-refractivity contribution in [3.63, 3.8) is 0 Å². The van der Waals surface area contributed by atoms with Crippen molar-refractivity contribution in [3.05, 3.63) is 46.7 Å². The van der Waals surface area contributed by atoms with Crippen LogP contribution in [0.25, 0.3) is 0 Å². The highest BCUT2D eigenvalue weighted by molar-refractivity contribution is 6.31. The van der Waals surface area contributed by atoms with E-state index in [4.69, 9.17) is 16.7 Å². The third kappa shape index (κ3) is 2.86. The molecule has 1 heterocycles. The smallest absolute Gasteiger partial charge is 0.339 e. The van der Waals surface area contributed by atoms with E-state index in [1.54, 1.807) is 0 Å². The van der Waals surface area contributed by atoms with Crippen LogP contribution in [0, 0.1) is 0 Å². The molecule has 0 saturated carbocycles. The average Bonchev–Trinajstić information content (AvgIpc) is 2.78. The Kier molecular flexibility index (Phi) is 3.43. The minimum absolute atomic E-state index is 0.245. The van der Waals surface area contributed by atoms with Crippen molar-refractivity contribution in [2.24, 2.45) is 0 Å². The maximum atomic E-state index is 11.8. The van der Waals surface area contributed by atoms with Crippen LogP contribution in [0.5, 0.6) is 5.75 Å². The molecular formula is C12H9ClN2O4. The second-order valence-corrected chi connectivity index (χ2v) is 4.16. The van der Waals surface area contributed by atoms with Crippen LogP contribution in [0.3, 0.4) is 0 Å². The van der Waals surface area contributed by atoms with E-state index in [1.165, 1.54) is 30.5 Å². The number of nitrogens with one attached hydrogen (secondary N) is 2. The monoisotopic (exact) mass is 280 g/mol. The number of hydrogen-bond acceptors (Lipinski definition) is 3. The molecule has 2 aromatic rings. The molecular weight excluding hydrogens is 272 g/mol. The lowest BCUT2D eigenvalue weighted by atomic mass is 10.2. The zero-order chi connectivity index (χ0) is 14.0. The molecule has 0 radical (unpaired) electrons. The molecule has 1 aromatic heterocycles. The average molecular weight is 281 g/mol. The molecule has 0 unspecified atom stereocenters. The number of rotatable bonds is 3.